The van der Waals surface area contributed by atoms with Crippen LogP contribution < -0.4 is 10.1 Å². The van der Waals surface area contributed by atoms with E-state index in [9.17, 15) is 27.2 Å². The Bertz CT molecular complexity index is 645. The van der Waals surface area contributed by atoms with E-state index >= 15 is 0 Å². The summed E-state index contributed by atoms with van der Waals surface area (Å²) in [6.07, 6.45) is -7.06. The number of anilines is 1. The highest BCUT2D eigenvalue weighted by molar-refractivity contribution is 5.94. The summed E-state index contributed by atoms with van der Waals surface area (Å²) >= 11 is 0. The number of hydrogen-bond acceptors (Lipinski definition) is 3. The van der Waals surface area contributed by atoms with E-state index in [0.29, 0.717) is 26.1 Å². The first-order valence-corrected chi connectivity index (χ1v) is 7.37. The van der Waals surface area contributed by atoms with Crippen molar-refractivity contribution in [2.24, 2.45) is 0 Å². The topological polar surface area (TPSA) is 78.9 Å². The Morgan fingerprint density at radius 3 is 2.28 bits per heavy atom. The van der Waals surface area contributed by atoms with Gasteiger partial charge in [0.1, 0.15) is 17.1 Å². The van der Waals surface area contributed by atoms with Gasteiger partial charge in [-0.3, -0.25) is 0 Å². The van der Waals surface area contributed by atoms with Crippen LogP contribution >= 0.6 is 0 Å². The first-order valence-electron chi connectivity index (χ1n) is 7.37. The Hall–Kier alpha value is -2.52. The number of carboxylic acids is 1. The standard InChI is InChI=1S/C15H18F4N2O4/c1-4-21(5-2)14(24)20-11-7-12(25-8(3)15(17,18)19)9(13(22)23)6-10(11)16/h6-8H,4-5H2,1-3H3,(H,20,24)(H,22,23). The van der Waals surface area contributed by atoms with Crippen molar-refractivity contribution in [1.29, 1.82) is 0 Å². The molecule has 0 aliphatic carbocycles. The van der Waals surface area contributed by atoms with E-state index in [0.717, 1.165) is 6.07 Å². The molecule has 1 atom stereocenters. The molecular weight excluding hydrogens is 348 g/mol. The zero-order valence-electron chi connectivity index (χ0n) is 13.8. The number of carbonyl (C=O) groups is 2. The molecule has 2 amide bonds. The maximum atomic E-state index is 14.0. The summed E-state index contributed by atoms with van der Waals surface area (Å²) < 4.78 is 56.5. The number of aromatic carboxylic acids is 1. The minimum absolute atomic E-state index is 0.325. The molecule has 0 saturated heterocycles. The molecule has 1 aromatic rings. The number of rotatable bonds is 6. The fraction of sp³-hybridized carbons (Fsp3) is 0.467. The molecular formula is C15H18F4N2O4. The zero-order chi connectivity index (χ0) is 19.4. The molecule has 2 N–H and O–H groups in total. The lowest BCUT2D eigenvalue weighted by Crippen LogP contribution is -2.35. The van der Waals surface area contributed by atoms with Crippen molar-refractivity contribution in [1.82, 2.24) is 4.90 Å². The molecule has 0 radical (unpaired) electrons. The van der Waals surface area contributed by atoms with Crippen molar-refractivity contribution < 1.29 is 37.0 Å². The Balaban J connectivity index is 3.22. The predicted octanol–water partition coefficient (Wildman–Crippen LogP) is 3.73. The third-order valence-electron chi connectivity index (χ3n) is 3.36. The Morgan fingerprint density at radius 1 is 1.28 bits per heavy atom. The number of amides is 2. The van der Waals surface area contributed by atoms with E-state index in [-0.39, 0.29) is 0 Å². The van der Waals surface area contributed by atoms with Crippen molar-refractivity contribution in [3.63, 3.8) is 0 Å². The summed E-state index contributed by atoms with van der Waals surface area (Å²) in [5, 5.41) is 11.2. The van der Waals surface area contributed by atoms with Crippen molar-refractivity contribution >= 4 is 17.7 Å². The van der Waals surface area contributed by atoms with Crippen LogP contribution in [0.1, 0.15) is 31.1 Å². The minimum Gasteiger partial charge on any atom is -0.480 e. The first-order chi connectivity index (χ1) is 11.5. The minimum atomic E-state index is -4.74. The van der Waals surface area contributed by atoms with Crippen molar-refractivity contribution in [3.8, 4) is 5.75 Å². The summed E-state index contributed by atoms with van der Waals surface area (Å²) in [6.45, 7) is 4.71. The van der Waals surface area contributed by atoms with Gasteiger partial charge in [0, 0.05) is 19.2 Å². The Kier molecular flexibility index (Phi) is 6.60. The highest BCUT2D eigenvalue weighted by atomic mass is 19.4. The largest absolute Gasteiger partial charge is 0.480 e. The van der Waals surface area contributed by atoms with Crippen LogP contribution in [0.2, 0.25) is 0 Å². The number of nitrogens with one attached hydrogen (secondary N) is 1. The van der Waals surface area contributed by atoms with Gasteiger partial charge < -0.3 is 20.1 Å². The van der Waals surface area contributed by atoms with Crippen molar-refractivity contribution in [3.05, 3.63) is 23.5 Å². The number of urea groups is 1. The lowest BCUT2D eigenvalue weighted by molar-refractivity contribution is -0.189. The quantitative estimate of drug-likeness (QED) is 0.752. The second-order valence-corrected chi connectivity index (χ2v) is 5.04. The fourth-order valence-corrected chi connectivity index (χ4v) is 1.88. The Labute approximate surface area is 141 Å². The van der Waals surface area contributed by atoms with Crippen LogP contribution in [0.4, 0.5) is 28.0 Å². The van der Waals surface area contributed by atoms with Crippen LogP contribution in [0, 0.1) is 5.82 Å². The van der Waals surface area contributed by atoms with E-state index in [2.05, 4.69) is 10.1 Å². The monoisotopic (exact) mass is 366 g/mol. The molecule has 10 heteroatoms. The smallest absolute Gasteiger partial charge is 0.425 e. The van der Waals surface area contributed by atoms with E-state index in [1.807, 2.05) is 0 Å². The van der Waals surface area contributed by atoms with Gasteiger partial charge in [-0.1, -0.05) is 0 Å². The third kappa shape index (κ3) is 5.23. The van der Waals surface area contributed by atoms with Gasteiger partial charge in [-0.25, -0.2) is 14.0 Å². The number of alkyl halides is 3. The zero-order valence-corrected chi connectivity index (χ0v) is 13.8. The predicted molar refractivity (Wildman–Crippen MR) is 81.4 cm³/mol. The third-order valence-corrected chi connectivity index (χ3v) is 3.36. The molecule has 0 bridgehead atoms. The van der Waals surface area contributed by atoms with Gasteiger partial charge in [0.05, 0.1) is 5.69 Å². The number of halogens is 4. The number of hydrogen-bond donors (Lipinski definition) is 2. The van der Waals surface area contributed by atoms with Gasteiger partial charge in [-0.15, -0.1) is 0 Å². The molecule has 25 heavy (non-hydrogen) atoms. The van der Waals surface area contributed by atoms with Gasteiger partial charge in [-0.05, 0) is 26.8 Å². The number of benzene rings is 1. The molecule has 0 saturated carbocycles. The average molecular weight is 366 g/mol. The number of carboxylic acid groups (broad SMARTS) is 1. The molecule has 0 heterocycles. The van der Waals surface area contributed by atoms with Gasteiger partial charge in [0.15, 0.2) is 6.10 Å². The Morgan fingerprint density at radius 2 is 1.84 bits per heavy atom. The highest BCUT2D eigenvalue weighted by Gasteiger charge is 2.38. The highest BCUT2D eigenvalue weighted by Crippen LogP contribution is 2.31. The molecule has 0 aliphatic rings. The van der Waals surface area contributed by atoms with E-state index in [4.69, 9.17) is 5.11 Å². The second-order valence-electron chi connectivity index (χ2n) is 5.04. The van der Waals surface area contributed by atoms with Gasteiger partial charge in [0.2, 0.25) is 0 Å². The number of carbonyl (C=O) groups excluding carboxylic acids is 1. The van der Waals surface area contributed by atoms with Crippen LogP contribution in [0.25, 0.3) is 0 Å². The SMILES string of the molecule is CCN(CC)C(=O)Nc1cc(OC(C)C(F)(F)F)c(C(=O)O)cc1F. The maximum absolute atomic E-state index is 14.0. The summed E-state index contributed by atoms with van der Waals surface area (Å²) in [7, 11) is 0. The van der Waals surface area contributed by atoms with Gasteiger partial charge >= 0.3 is 18.2 Å². The molecule has 0 fully saturated rings. The lowest BCUT2D eigenvalue weighted by Gasteiger charge is -2.21. The molecule has 1 aromatic carbocycles. The van der Waals surface area contributed by atoms with Crippen LogP contribution in [-0.4, -0.2) is 47.4 Å². The van der Waals surface area contributed by atoms with E-state index in [1.54, 1.807) is 13.8 Å². The molecule has 1 unspecified atom stereocenters. The fourth-order valence-electron chi connectivity index (χ4n) is 1.88. The summed E-state index contributed by atoms with van der Waals surface area (Å²) in [4.78, 5) is 24.4. The summed E-state index contributed by atoms with van der Waals surface area (Å²) in [5.41, 5.74) is -1.26. The lowest BCUT2D eigenvalue weighted by atomic mass is 10.1. The number of nitrogens with zero attached hydrogens (tertiary/aromatic N) is 1. The number of ether oxygens (including phenoxy) is 1. The second kappa shape index (κ2) is 8.04. The summed E-state index contributed by atoms with van der Waals surface area (Å²) in [6, 6.07) is 0.544. The summed E-state index contributed by atoms with van der Waals surface area (Å²) in [5.74, 6) is -3.47. The van der Waals surface area contributed by atoms with Crippen molar-refractivity contribution in [2.75, 3.05) is 18.4 Å². The van der Waals surface area contributed by atoms with Crippen molar-refractivity contribution in [2.45, 2.75) is 33.1 Å². The average Bonchev–Trinajstić information content (AvgIpc) is 2.50. The molecule has 6 nitrogen and oxygen atoms in total. The van der Waals surface area contributed by atoms with E-state index in [1.165, 1.54) is 4.90 Å². The molecule has 0 aliphatic heterocycles. The molecule has 0 spiro atoms. The molecule has 140 valence electrons. The van der Waals surface area contributed by atoms with Gasteiger partial charge in [0.25, 0.3) is 0 Å². The molecule has 1 rings (SSSR count). The van der Waals surface area contributed by atoms with Crippen LogP contribution in [0.3, 0.4) is 0 Å². The van der Waals surface area contributed by atoms with E-state index < -0.39 is 47.1 Å². The van der Waals surface area contributed by atoms with Crippen LogP contribution in [0.5, 0.6) is 5.75 Å². The molecule has 0 aromatic heterocycles. The normalized spacial score (nSPS) is 12.4. The maximum Gasteiger partial charge on any atom is 0.425 e. The van der Waals surface area contributed by atoms with Crippen LogP contribution in [-0.2, 0) is 0 Å². The van der Waals surface area contributed by atoms with Crippen LogP contribution in [0.15, 0.2) is 12.1 Å². The first kappa shape index (κ1) is 20.5. The van der Waals surface area contributed by atoms with Gasteiger partial charge in [-0.2, -0.15) is 13.2 Å².